The van der Waals surface area contributed by atoms with Gasteiger partial charge in [0, 0.05) is 12.7 Å². The summed E-state index contributed by atoms with van der Waals surface area (Å²) in [5.41, 5.74) is 2.07. The number of nitrogens with zero attached hydrogens (tertiary/aromatic N) is 3. The van der Waals surface area contributed by atoms with E-state index < -0.39 is 0 Å². The number of anilines is 1. The van der Waals surface area contributed by atoms with Crippen LogP contribution < -0.4 is 5.32 Å². The highest BCUT2D eigenvalue weighted by molar-refractivity contribution is 5.44. The van der Waals surface area contributed by atoms with E-state index in [1.807, 2.05) is 47.0 Å². The Morgan fingerprint density at radius 3 is 2.65 bits per heavy atom. The summed E-state index contributed by atoms with van der Waals surface area (Å²) >= 11 is 0. The molecule has 0 amide bonds. The lowest BCUT2D eigenvalue weighted by Gasteiger charge is -2.03. The Kier molecular flexibility index (Phi) is 2.46. The molecule has 1 aromatic carbocycles. The normalized spacial score (nSPS) is 10.6. The average Bonchev–Trinajstić information content (AvgIpc) is 2.81. The molecule has 3 rings (SSSR count). The van der Waals surface area contributed by atoms with Crippen molar-refractivity contribution in [1.82, 2.24) is 14.6 Å². The molecule has 84 valence electrons. The van der Waals surface area contributed by atoms with Gasteiger partial charge in [0.05, 0.1) is 0 Å². The van der Waals surface area contributed by atoms with Gasteiger partial charge in [-0.05, 0) is 17.7 Å². The molecule has 0 spiro atoms. The lowest BCUT2D eigenvalue weighted by molar-refractivity contribution is 1.03. The predicted octanol–water partition coefficient (Wildman–Crippen LogP) is 2.34. The fourth-order valence-electron chi connectivity index (χ4n) is 1.74. The SMILES string of the molecule is c1ccc(CNc2nnc3ccccn23)cc1. The Balaban J connectivity index is 1.82. The van der Waals surface area contributed by atoms with E-state index in [9.17, 15) is 0 Å². The number of benzene rings is 1. The first-order valence-electron chi connectivity index (χ1n) is 5.51. The first-order valence-corrected chi connectivity index (χ1v) is 5.51. The van der Waals surface area contributed by atoms with E-state index in [1.165, 1.54) is 5.56 Å². The molecular formula is C13H12N4. The summed E-state index contributed by atoms with van der Waals surface area (Å²) in [6.07, 6.45) is 1.95. The first kappa shape index (κ1) is 9.84. The number of fused-ring (bicyclic) bond motifs is 1. The molecule has 2 heterocycles. The third-order valence-corrected chi connectivity index (χ3v) is 2.61. The Hall–Kier alpha value is -2.36. The molecule has 0 fully saturated rings. The van der Waals surface area contributed by atoms with Crippen LogP contribution in [0.5, 0.6) is 0 Å². The maximum Gasteiger partial charge on any atom is 0.229 e. The van der Waals surface area contributed by atoms with Gasteiger partial charge in [0.1, 0.15) is 0 Å². The van der Waals surface area contributed by atoms with Crippen LogP contribution in [0, 0.1) is 0 Å². The van der Waals surface area contributed by atoms with Crippen molar-refractivity contribution in [3.05, 3.63) is 60.3 Å². The Morgan fingerprint density at radius 1 is 0.941 bits per heavy atom. The molecule has 1 N–H and O–H groups in total. The topological polar surface area (TPSA) is 42.2 Å². The summed E-state index contributed by atoms with van der Waals surface area (Å²) in [6, 6.07) is 16.1. The van der Waals surface area contributed by atoms with Gasteiger partial charge in [-0.3, -0.25) is 4.40 Å². The summed E-state index contributed by atoms with van der Waals surface area (Å²) < 4.78 is 1.93. The third-order valence-electron chi connectivity index (χ3n) is 2.61. The van der Waals surface area contributed by atoms with Gasteiger partial charge < -0.3 is 5.32 Å². The van der Waals surface area contributed by atoms with Crippen molar-refractivity contribution in [1.29, 1.82) is 0 Å². The average molecular weight is 224 g/mol. The van der Waals surface area contributed by atoms with E-state index in [-0.39, 0.29) is 0 Å². The van der Waals surface area contributed by atoms with Crippen LogP contribution in [0.2, 0.25) is 0 Å². The van der Waals surface area contributed by atoms with Crippen LogP contribution in [-0.2, 0) is 6.54 Å². The molecule has 0 aliphatic rings. The maximum atomic E-state index is 4.11. The van der Waals surface area contributed by atoms with Crippen molar-refractivity contribution in [3.8, 4) is 0 Å². The zero-order valence-electron chi connectivity index (χ0n) is 9.24. The van der Waals surface area contributed by atoms with Gasteiger partial charge >= 0.3 is 0 Å². The lowest BCUT2D eigenvalue weighted by Crippen LogP contribution is -2.02. The second-order valence-corrected chi connectivity index (χ2v) is 3.79. The van der Waals surface area contributed by atoms with Gasteiger partial charge in [-0.15, -0.1) is 10.2 Å². The quantitative estimate of drug-likeness (QED) is 0.742. The molecule has 0 bridgehead atoms. The molecule has 4 heteroatoms. The molecule has 0 saturated carbocycles. The van der Waals surface area contributed by atoms with Crippen molar-refractivity contribution >= 4 is 11.6 Å². The Labute approximate surface area is 98.9 Å². The highest BCUT2D eigenvalue weighted by Gasteiger charge is 2.02. The number of aromatic nitrogens is 3. The smallest absolute Gasteiger partial charge is 0.229 e. The molecule has 0 radical (unpaired) electrons. The highest BCUT2D eigenvalue weighted by atomic mass is 15.3. The molecule has 0 saturated heterocycles. The summed E-state index contributed by atoms with van der Waals surface area (Å²) in [6.45, 7) is 0.747. The minimum atomic E-state index is 0.747. The van der Waals surface area contributed by atoms with Crippen LogP contribution in [0.15, 0.2) is 54.7 Å². The minimum Gasteiger partial charge on any atom is -0.350 e. The van der Waals surface area contributed by atoms with E-state index >= 15 is 0 Å². The molecule has 0 aliphatic carbocycles. The number of hydrogen-bond donors (Lipinski definition) is 1. The van der Waals surface area contributed by atoms with Crippen molar-refractivity contribution in [2.75, 3.05) is 5.32 Å². The summed E-state index contributed by atoms with van der Waals surface area (Å²) in [7, 11) is 0. The van der Waals surface area contributed by atoms with Crippen LogP contribution in [0.4, 0.5) is 5.95 Å². The third kappa shape index (κ3) is 1.97. The zero-order valence-corrected chi connectivity index (χ0v) is 9.24. The highest BCUT2D eigenvalue weighted by Crippen LogP contribution is 2.09. The van der Waals surface area contributed by atoms with Gasteiger partial charge in [-0.25, -0.2) is 0 Å². The van der Waals surface area contributed by atoms with Crippen LogP contribution in [0.1, 0.15) is 5.56 Å². The second kappa shape index (κ2) is 4.25. The Morgan fingerprint density at radius 2 is 1.76 bits per heavy atom. The van der Waals surface area contributed by atoms with Gasteiger partial charge in [0.2, 0.25) is 5.95 Å². The van der Waals surface area contributed by atoms with Crippen LogP contribution in [0.3, 0.4) is 0 Å². The number of rotatable bonds is 3. The predicted molar refractivity (Wildman–Crippen MR) is 66.8 cm³/mol. The first-order chi connectivity index (χ1) is 8.43. The molecule has 3 aromatic rings. The Bertz CT molecular complexity index is 615. The minimum absolute atomic E-state index is 0.747. The van der Waals surface area contributed by atoms with E-state index in [2.05, 4.69) is 27.6 Å². The monoisotopic (exact) mass is 224 g/mol. The number of nitrogens with one attached hydrogen (secondary N) is 1. The molecule has 17 heavy (non-hydrogen) atoms. The second-order valence-electron chi connectivity index (χ2n) is 3.79. The van der Waals surface area contributed by atoms with Crippen LogP contribution in [0.25, 0.3) is 5.65 Å². The molecule has 0 unspecified atom stereocenters. The van der Waals surface area contributed by atoms with Crippen LogP contribution in [-0.4, -0.2) is 14.6 Å². The number of hydrogen-bond acceptors (Lipinski definition) is 3. The maximum absolute atomic E-state index is 4.11. The molecule has 4 nitrogen and oxygen atoms in total. The number of pyridine rings is 1. The largest absolute Gasteiger partial charge is 0.350 e. The summed E-state index contributed by atoms with van der Waals surface area (Å²) in [5.74, 6) is 0.768. The van der Waals surface area contributed by atoms with Crippen molar-refractivity contribution in [2.45, 2.75) is 6.54 Å². The van der Waals surface area contributed by atoms with Gasteiger partial charge in [0.25, 0.3) is 0 Å². The molecule has 0 aliphatic heterocycles. The van der Waals surface area contributed by atoms with Crippen molar-refractivity contribution in [2.24, 2.45) is 0 Å². The summed E-state index contributed by atoms with van der Waals surface area (Å²) in [4.78, 5) is 0. The fourth-order valence-corrected chi connectivity index (χ4v) is 1.74. The summed E-state index contributed by atoms with van der Waals surface area (Å²) in [5, 5.41) is 11.5. The standard InChI is InChI=1S/C13H12N4/c1-2-6-11(7-3-1)10-14-13-16-15-12-8-4-5-9-17(12)13/h1-9H,10H2,(H,14,16). The van der Waals surface area contributed by atoms with E-state index in [0.717, 1.165) is 18.1 Å². The van der Waals surface area contributed by atoms with Crippen molar-refractivity contribution < 1.29 is 0 Å². The van der Waals surface area contributed by atoms with Gasteiger partial charge in [0.15, 0.2) is 5.65 Å². The zero-order chi connectivity index (χ0) is 11.5. The van der Waals surface area contributed by atoms with E-state index in [0.29, 0.717) is 0 Å². The molecule has 2 aromatic heterocycles. The van der Waals surface area contributed by atoms with Gasteiger partial charge in [-0.1, -0.05) is 36.4 Å². The van der Waals surface area contributed by atoms with Gasteiger partial charge in [-0.2, -0.15) is 0 Å². The molecular weight excluding hydrogens is 212 g/mol. The molecule has 0 atom stereocenters. The van der Waals surface area contributed by atoms with E-state index in [4.69, 9.17) is 0 Å². The van der Waals surface area contributed by atoms with E-state index in [1.54, 1.807) is 0 Å². The fraction of sp³-hybridized carbons (Fsp3) is 0.0769. The van der Waals surface area contributed by atoms with Crippen molar-refractivity contribution in [3.63, 3.8) is 0 Å². The van der Waals surface area contributed by atoms with Crippen LogP contribution >= 0.6 is 0 Å². The lowest BCUT2D eigenvalue weighted by atomic mass is 10.2.